The Bertz CT molecular complexity index is 314. The molecule has 0 amide bonds. The summed E-state index contributed by atoms with van der Waals surface area (Å²) in [4.78, 5) is 13.4. The number of carboxylic acids is 1. The lowest BCUT2D eigenvalue weighted by atomic mass is 9.90. The average Bonchev–Trinajstić information content (AvgIpc) is 2.88. The summed E-state index contributed by atoms with van der Waals surface area (Å²) in [6.45, 7) is 7.54. The number of hydrogen-bond donors (Lipinski definition) is 2. The molecule has 2 aliphatic rings. The van der Waals surface area contributed by atoms with Gasteiger partial charge < -0.3 is 10.4 Å². The summed E-state index contributed by atoms with van der Waals surface area (Å²) in [5.74, 6) is 0.488. The predicted molar refractivity (Wildman–Crippen MR) is 80.8 cm³/mol. The van der Waals surface area contributed by atoms with E-state index in [9.17, 15) is 4.79 Å². The third-order valence-electron chi connectivity index (χ3n) is 4.93. The number of nitrogens with one attached hydrogen (secondary N) is 1. The fourth-order valence-electron chi connectivity index (χ4n) is 3.75. The highest BCUT2D eigenvalue weighted by atomic mass is 16.4. The fraction of sp³-hybridized carbons (Fsp3) is 0.938. The molecule has 2 N–H and O–H groups in total. The van der Waals surface area contributed by atoms with Gasteiger partial charge in [0.1, 0.15) is 0 Å². The molecule has 2 rings (SSSR count). The quantitative estimate of drug-likeness (QED) is 0.785. The van der Waals surface area contributed by atoms with Crippen molar-refractivity contribution in [3.63, 3.8) is 0 Å². The van der Waals surface area contributed by atoms with E-state index in [-0.39, 0.29) is 0 Å². The molecule has 4 nitrogen and oxygen atoms in total. The van der Waals surface area contributed by atoms with Crippen LogP contribution in [0.2, 0.25) is 0 Å². The first kappa shape index (κ1) is 15.8. The molecule has 0 radical (unpaired) electrons. The Morgan fingerprint density at radius 2 is 1.95 bits per heavy atom. The number of rotatable bonds is 6. The van der Waals surface area contributed by atoms with Crippen LogP contribution in [0.3, 0.4) is 0 Å². The summed E-state index contributed by atoms with van der Waals surface area (Å²) in [6, 6.07) is 0.971. The zero-order valence-corrected chi connectivity index (χ0v) is 13.0. The van der Waals surface area contributed by atoms with Gasteiger partial charge in [0.2, 0.25) is 0 Å². The van der Waals surface area contributed by atoms with E-state index < -0.39 is 5.97 Å². The molecule has 1 saturated heterocycles. The van der Waals surface area contributed by atoms with Gasteiger partial charge in [0.15, 0.2) is 0 Å². The summed E-state index contributed by atoms with van der Waals surface area (Å²) >= 11 is 0. The Kier molecular flexibility index (Phi) is 5.85. The highest BCUT2D eigenvalue weighted by molar-refractivity contribution is 5.67. The van der Waals surface area contributed by atoms with Crippen molar-refractivity contribution >= 4 is 5.97 Å². The van der Waals surface area contributed by atoms with Crippen molar-refractivity contribution in [3.05, 3.63) is 0 Å². The van der Waals surface area contributed by atoms with Crippen LogP contribution < -0.4 is 5.32 Å². The highest BCUT2D eigenvalue weighted by Crippen LogP contribution is 2.25. The molecule has 20 heavy (non-hydrogen) atoms. The molecule has 0 bridgehead atoms. The van der Waals surface area contributed by atoms with E-state index in [1.54, 1.807) is 0 Å². The number of piperidine rings is 1. The summed E-state index contributed by atoms with van der Waals surface area (Å²) in [5.41, 5.74) is 0. The van der Waals surface area contributed by atoms with Gasteiger partial charge in [-0.2, -0.15) is 0 Å². The van der Waals surface area contributed by atoms with Crippen LogP contribution in [0, 0.1) is 11.8 Å². The summed E-state index contributed by atoms with van der Waals surface area (Å²) in [6.07, 6.45) is 6.83. The monoisotopic (exact) mass is 282 g/mol. The zero-order valence-electron chi connectivity index (χ0n) is 13.0. The second kappa shape index (κ2) is 7.41. The number of aliphatic carboxylic acids is 1. The van der Waals surface area contributed by atoms with Crippen molar-refractivity contribution in [1.82, 2.24) is 10.2 Å². The molecule has 4 heteroatoms. The van der Waals surface area contributed by atoms with Crippen LogP contribution in [-0.4, -0.2) is 47.7 Å². The number of carbonyl (C=O) groups is 1. The smallest absolute Gasteiger partial charge is 0.303 e. The van der Waals surface area contributed by atoms with Gasteiger partial charge in [-0.3, -0.25) is 9.69 Å². The van der Waals surface area contributed by atoms with E-state index in [4.69, 9.17) is 5.11 Å². The Labute approximate surface area is 122 Å². The normalized spacial score (nSPS) is 29.1. The highest BCUT2D eigenvalue weighted by Gasteiger charge is 2.30. The van der Waals surface area contributed by atoms with Crippen LogP contribution in [0.15, 0.2) is 0 Å². The third-order valence-corrected chi connectivity index (χ3v) is 4.93. The van der Waals surface area contributed by atoms with Gasteiger partial charge in [0.05, 0.1) is 0 Å². The SMILES string of the molecule is CC(C)N1CC(CC(=O)O)CC(NCC2CCCC2)C1. The van der Waals surface area contributed by atoms with Gasteiger partial charge in [-0.05, 0) is 51.5 Å². The molecule has 2 fully saturated rings. The van der Waals surface area contributed by atoms with Gasteiger partial charge in [0, 0.05) is 31.6 Å². The lowest BCUT2D eigenvalue weighted by molar-refractivity contribution is -0.138. The Hall–Kier alpha value is -0.610. The maximum atomic E-state index is 11.0. The summed E-state index contributed by atoms with van der Waals surface area (Å²) in [5, 5.41) is 12.8. The standard InChI is InChI=1S/C16H30N2O2/c1-12(2)18-10-14(8-16(19)20)7-15(11-18)17-9-13-5-3-4-6-13/h12-15,17H,3-11H2,1-2H3,(H,19,20). The first-order valence-corrected chi connectivity index (χ1v) is 8.23. The van der Waals surface area contributed by atoms with Crippen molar-refractivity contribution in [2.75, 3.05) is 19.6 Å². The molecule has 0 aromatic heterocycles. The second-order valence-electron chi connectivity index (χ2n) is 7.00. The molecule has 0 aromatic carbocycles. The zero-order chi connectivity index (χ0) is 14.5. The topological polar surface area (TPSA) is 52.6 Å². The van der Waals surface area contributed by atoms with Gasteiger partial charge in [-0.15, -0.1) is 0 Å². The minimum Gasteiger partial charge on any atom is -0.481 e. The number of hydrogen-bond acceptors (Lipinski definition) is 3. The minimum absolute atomic E-state index is 0.296. The van der Waals surface area contributed by atoms with E-state index >= 15 is 0 Å². The summed E-state index contributed by atoms with van der Waals surface area (Å²) in [7, 11) is 0. The van der Waals surface area contributed by atoms with Crippen LogP contribution in [0.25, 0.3) is 0 Å². The molecule has 1 heterocycles. The number of likely N-dealkylation sites (tertiary alicyclic amines) is 1. The van der Waals surface area contributed by atoms with Gasteiger partial charge in [-0.25, -0.2) is 0 Å². The number of carboxylic acid groups (broad SMARTS) is 1. The molecule has 1 aliphatic heterocycles. The van der Waals surface area contributed by atoms with E-state index in [1.807, 2.05) is 0 Å². The first-order chi connectivity index (χ1) is 9.54. The third kappa shape index (κ3) is 4.74. The van der Waals surface area contributed by atoms with E-state index in [0.717, 1.165) is 32.0 Å². The molecule has 116 valence electrons. The van der Waals surface area contributed by atoms with Gasteiger partial charge in [-0.1, -0.05) is 12.8 Å². The molecule has 2 atom stereocenters. The van der Waals surface area contributed by atoms with E-state index in [1.165, 1.54) is 25.7 Å². The second-order valence-corrected chi connectivity index (χ2v) is 7.00. The van der Waals surface area contributed by atoms with Crippen molar-refractivity contribution < 1.29 is 9.90 Å². The lowest BCUT2D eigenvalue weighted by Gasteiger charge is -2.40. The maximum Gasteiger partial charge on any atom is 0.303 e. The Morgan fingerprint density at radius 3 is 2.55 bits per heavy atom. The predicted octanol–water partition coefficient (Wildman–Crippen LogP) is 2.34. The molecule has 1 aliphatic carbocycles. The largest absolute Gasteiger partial charge is 0.481 e. The molecule has 0 aromatic rings. The Balaban J connectivity index is 1.83. The molecule has 1 saturated carbocycles. The van der Waals surface area contributed by atoms with Crippen LogP contribution >= 0.6 is 0 Å². The first-order valence-electron chi connectivity index (χ1n) is 8.23. The van der Waals surface area contributed by atoms with E-state index in [2.05, 4.69) is 24.1 Å². The van der Waals surface area contributed by atoms with Crippen LogP contribution in [0.5, 0.6) is 0 Å². The average molecular weight is 282 g/mol. The maximum absolute atomic E-state index is 11.0. The van der Waals surface area contributed by atoms with E-state index in [0.29, 0.717) is 24.4 Å². The minimum atomic E-state index is -0.657. The fourth-order valence-corrected chi connectivity index (χ4v) is 3.75. The van der Waals surface area contributed by atoms with Gasteiger partial charge in [0.25, 0.3) is 0 Å². The van der Waals surface area contributed by atoms with Crippen molar-refractivity contribution in [1.29, 1.82) is 0 Å². The molecule has 2 unspecified atom stereocenters. The molecular formula is C16H30N2O2. The van der Waals surface area contributed by atoms with Crippen molar-refractivity contribution in [3.8, 4) is 0 Å². The van der Waals surface area contributed by atoms with Gasteiger partial charge >= 0.3 is 5.97 Å². The number of nitrogens with zero attached hydrogens (tertiary/aromatic N) is 1. The van der Waals surface area contributed by atoms with Crippen LogP contribution in [0.4, 0.5) is 0 Å². The lowest BCUT2D eigenvalue weighted by Crippen LogP contribution is -2.52. The molecular weight excluding hydrogens is 252 g/mol. The summed E-state index contributed by atoms with van der Waals surface area (Å²) < 4.78 is 0. The van der Waals surface area contributed by atoms with Crippen molar-refractivity contribution in [2.45, 2.75) is 64.5 Å². The molecule has 0 spiro atoms. The van der Waals surface area contributed by atoms with Crippen LogP contribution in [-0.2, 0) is 4.79 Å². The van der Waals surface area contributed by atoms with Crippen molar-refractivity contribution in [2.24, 2.45) is 11.8 Å². The Morgan fingerprint density at radius 1 is 1.25 bits per heavy atom. The van der Waals surface area contributed by atoms with Crippen LogP contribution in [0.1, 0.15) is 52.4 Å².